The van der Waals surface area contributed by atoms with Crippen molar-refractivity contribution in [3.63, 3.8) is 0 Å². The minimum absolute atomic E-state index is 0. The molecule has 4 heteroatoms. The van der Waals surface area contributed by atoms with Crippen LogP contribution in [0.25, 0.3) is 0 Å². The Labute approximate surface area is 140 Å². The molecule has 114 valence electrons. The number of aliphatic imine (C=N–C) groups is 1. The van der Waals surface area contributed by atoms with E-state index >= 15 is 0 Å². The molecule has 1 rings (SSSR count). The van der Waals surface area contributed by atoms with Gasteiger partial charge in [-0.05, 0) is 11.5 Å². The molecule has 0 aliphatic rings. The van der Waals surface area contributed by atoms with Crippen molar-refractivity contribution in [2.45, 2.75) is 33.1 Å². The van der Waals surface area contributed by atoms with Crippen LogP contribution in [-0.4, -0.2) is 26.1 Å². The Balaban J connectivity index is 0.00000361. The first-order chi connectivity index (χ1) is 8.95. The predicted molar refractivity (Wildman–Crippen MR) is 99.1 cm³/mol. The van der Waals surface area contributed by atoms with Crippen molar-refractivity contribution in [3.8, 4) is 0 Å². The Bertz CT molecular complexity index is 399. The monoisotopic (exact) mass is 389 g/mol. The van der Waals surface area contributed by atoms with Crippen LogP contribution in [0.5, 0.6) is 0 Å². The van der Waals surface area contributed by atoms with Gasteiger partial charge in [0.05, 0.1) is 0 Å². The highest BCUT2D eigenvalue weighted by Crippen LogP contribution is 2.21. The molecule has 0 bridgehead atoms. The fourth-order valence-electron chi connectivity index (χ4n) is 1.82. The summed E-state index contributed by atoms with van der Waals surface area (Å²) in [5.41, 5.74) is 1.42. The maximum absolute atomic E-state index is 4.25. The van der Waals surface area contributed by atoms with Crippen LogP contribution >= 0.6 is 24.0 Å². The van der Waals surface area contributed by atoms with E-state index in [9.17, 15) is 0 Å². The number of guanidine groups is 1. The smallest absolute Gasteiger partial charge is 0.191 e. The molecule has 0 atom stereocenters. The molecule has 2 N–H and O–H groups in total. The van der Waals surface area contributed by atoms with Gasteiger partial charge in [-0.15, -0.1) is 24.0 Å². The van der Waals surface area contributed by atoms with Crippen LogP contribution in [-0.2, 0) is 5.41 Å². The van der Waals surface area contributed by atoms with E-state index in [1.165, 1.54) is 5.56 Å². The van der Waals surface area contributed by atoms with Crippen LogP contribution in [0, 0.1) is 5.92 Å². The van der Waals surface area contributed by atoms with Crippen LogP contribution in [0.2, 0.25) is 0 Å². The molecule has 0 aliphatic carbocycles. The first-order valence-electron chi connectivity index (χ1n) is 6.96. The van der Waals surface area contributed by atoms with E-state index in [1.54, 1.807) is 0 Å². The van der Waals surface area contributed by atoms with E-state index in [2.05, 4.69) is 73.7 Å². The summed E-state index contributed by atoms with van der Waals surface area (Å²) >= 11 is 0. The van der Waals surface area contributed by atoms with Crippen molar-refractivity contribution in [1.29, 1.82) is 0 Å². The number of hydrogen-bond donors (Lipinski definition) is 2. The SMILES string of the molecule is CN=C(NCC(C)C)NCC(C)(C)c1ccccc1.I. The van der Waals surface area contributed by atoms with Gasteiger partial charge in [-0.3, -0.25) is 4.99 Å². The topological polar surface area (TPSA) is 36.4 Å². The van der Waals surface area contributed by atoms with Gasteiger partial charge in [-0.1, -0.05) is 58.0 Å². The van der Waals surface area contributed by atoms with Gasteiger partial charge in [0.1, 0.15) is 0 Å². The lowest BCUT2D eigenvalue weighted by atomic mass is 9.85. The van der Waals surface area contributed by atoms with Gasteiger partial charge in [0.25, 0.3) is 0 Å². The summed E-state index contributed by atoms with van der Waals surface area (Å²) in [6, 6.07) is 10.6. The molecule has 0 fully saturated rings. The van der Waals surface area contributed by atoms with Crippen molar-refractivity contribution in [2.75, 3.05) is 20.1 Å². The second-order valence-corrected chi connectivity index (χ2v) is 5.95. The zero-order valence-electron chi connectivity index (χ0n) is 13.2. The molecule has 0 aliphatic heterocycles. The Morgan fingerprint density at radius 1 is 1.15 bits per heavy atom. The number of benzene rings is 1. The molecular weight excluding hydrogens is 361 g/mol. The molecule has 0 spiro atoms. The third-order valence-corrected chi connectivity index (χ3v) is 3.15. The van der Waals surface area contributed by atoms with Gasteiger partial charge in [-0.25, -0.2) is 0 Å². The lowest BCUT2D eigenvalue weighted by molar-refractivity contribution is 0.506. The normalized spacial score (nSPS) is 12.0. The van der Waals surface area contributed by atoms with Gasteiger partial charge < -0.3 is 10.6 Å². The molecule has 3 nitrogen and oxygen atoms in total. The molecular formula is C16H28IN3. The molecule has 0 aromatic heterocycles. The van der Waals surface area contributed by atoms with Crippen LogP contribution in [0.3, 0.4) is 0 Å². The lowest BCUT2D eigenvalue weighted by Gasteiger charge is -2.27. The number of nitrogens with zero attached hydrogens (tertiary/aromatic N) is 1. The fraction of sp³-hybridized carbons (Fsp3) is 0.562. The third kappa shape index (κ3) is 6.59. The van der Waals surface area contributed by atoms with Crippen molar-refractivity contribution >= 4 is 29.9 Å². The highest BCUT2D eigenvalue weighted by Gasteiger charge is 2.20. The minimum Gasteiger partial charge on any atom is -0.356 e. The number of nitrogens with one attached hydrogen (secondary N) is 2. The van der Waals surface area contributed by atoms with Crippen molar-refractivity contribution < 1.29 is 0 Å². The first kappa shape index (κ1) is 19.2. The summed E-state index contributed by atoms with van der Waals surface area (Å²) in [4.78, 5) is 4.25. The van der Waals surface area contributed by atoms with Gasteiger partial charge in [-0.2, -0.15) is 0 Å². The minimum atomic E-state index is 0. The molecule has 1 aromatic rings. The number of rotatable bonds is 5. The lowest BCUT2D eigenvalue weighted by Crippen LogP contribution is -2.44. The van der Waals surface area contributed by atoms with Crippen LogP contribution in [0.4, 0.5) is 0 Å². The van der Waals surface area contributed by atoms with Crippen LogP contribution < -0.4 is 10.6 Å². The molecule has 0 unspecified atom stereocenters. The Morgan fingerprint density at radius 2 is 1.75 bits per heavy atom. The zero-order chi connectivity index (χ0) is 14.3. The highest BCUT2D eigenvalue weighted by molar-refractivity contribution is 14.0. The molecule has 0 amide bonds. The standard InChI is InChI=1S/C16H27N3.HI/c1-13(2)11-18-15(17-5)19-12-16(3,4)14-9-7-6-8-10-14;/h6-10,13H,11-12H2,1-5H3,(H2,17,18,19);1H. The fourth-order valence-corrected chi connectivity index (χ4v) is 1.82. The predicted octanol–water partition coefficient (Wildman–Crippen LogP) is 3.40. The van der Waals surface area contributed by atoms with E-state index < -0.39 is 0 Å². The van der Waals surface area contributed by atoms with Gasteiger partial charge in [0.15, 0.2) is 5.96 Å². The zero-order valence-corrected chi connectivity index (χ0v) is 15.6. The molecule has 0 saturated carbocycles. The molecule has 0 radical (unpaired) electrons. The first-order valence-corrected chi connectivity index (χ1v) is 6.96. The summed E-state index contributed by atoms with van der Waals surface area (Å²) in [5.74, 6) is 1.48. The van der Waals surface area contributed by atoms with Gasteiger partial charge in [0, 0.05) is 25.6 Å². The second-order valence-electron chi connectivity index (χ2n) is 5.95. The van der Waals surface area contributed by atoms with Crippen LogP contribution in [0.15, 0.2) is 35.3 Å². The van der Waals surface area contributed by atoms with E-state index in [4.69, 9.17) is 0 Å². The highest BCUT2D eigenvalue weighted by atomic mass is 127. The average molecular weight is 389 g/mol. The summed E-state index contributed by atoms with van der Waals surface area (Å²) in [5, 5.41) is 6.73. The Kier molecular flexibility index (Phi) is 8.85. The van der Waals surface area contributed by atoms with Crippen LogP contribution in [0.1, 0.15) is 33.3 Å². The second kappa shape index (κ2) is 9.21. The van der Waals surface area contributed by atoms with E-state index in [0.717, 1.165) is 19.0 Å². The molecule has 0 heterocycles. The van der Waals surface area contributed by atoms with E-state index in [0.29, 0.717) is 5.92 Å². The van der Waals surface area contributed by atoms with Gasteiger partial charge in [0.2, 0.25) is 0 Å². The molecule has 20 heavy (non-hydrogen) atoms. The quantitative estimate of drug-likeness (QED) is 0.460. The van der Waals surface area contributed by atoms with Gasteiger partial charge >= 0.3 is 0 Å². The number of halogens is 1. The van der Waals surface area contributed by atoms with Crippen molar-refractivity contribution in [2.24, 2.45) is 10.9 Å². The Morgan fingerprint density at radius 3 is 2.25 bits per heavy atom. The average Bonchev–Trinajstić information content (AvgIpc) is 2.39. The van der Waals surface area contributed by atoms with Crippen molar-refractivity contribution in [3.05, 3.63) is 35.9 Å². The number of hydrogen-bond acceptors (Lipinski definition) is 1. The summed E-state index contributed by atoms with van der Waals surface area (Å²) in [6.07, 6.45) is 0. The third-order valence-electron chi connectivity index (χ3n) is 3.15. The molecule has 1 aromatic carbocycles. The summed E-state index contributed by atoms with van der Waals surface area (Å²) < 4.78 is 0. The maximum Gasteiger partial charge on any atom is 0.191 e. The largest absolute Gasteiger partial charge is 0.356 e. The Hall–Kier alpha value is -0.780. The summed E-state index contributed by atoms with van der Waals surface area (Å²) in [6.45, 7) is 10.7. The molecule has 0 saturated heterocycles. The summed E-state index contributed by atoms with van der Waals surface area (Å²) in [7, 11) is 1.81. The maximum atomic E-state index is 4.25. The van der Waals surface area contributed by atoms with Crippen molar-refractivity contribution in [1.82, 2.24) is 10.6 Å². The van der Waals surface area contributed by atoms with E-state index in [-0.39, 0.29) is 29.4 Å². The van der Waals surface area contributed by atoms with E-state index in [1.807, 2.05) is 7.05 Å².